The summed E-state index contributed by atoms with van der Waals surface area (Å²) >= 11 is 0. The lowest BCUT2D eigenvalue weighted by Crippen LogP contribution is -2.47. The summed E-state index contributed by atoms with van der Waals surface area (Å²) in [5, 5.41) is 0. The fourth-order valence-electron chi connectivity index (χ4n) is 1.42. The number of carbonyl (C=O) groups excluding carboxylic acids is 4. The molecular weight excluding hydrogens is 296 g/mol. The monoisotopic (exact) mass is 318 g/mol. The van der Waals surface area contributed by atoms with Gasteiger partial charge in [0, 0.05) is 13.8 Å². The van der Waals surface area contributed by atoms with E-state index in [9.17, 15) is 19.2 Å². The molecule has 126 valence electrons. The molecule has 0 fully saturated rings. The molecule has 0 heterocycles. The second-order valence-electron chi connectivity index (χ2n) is 5.03. The van der Waals surface area contributed by atoms with Crippen LogP contribution in [-0.4, -0.2) is 48.3 Å². The summed E-state index contributed by atoms with van der Waals surface area (Å²) < 4.78 is 19.4. The van der Waals surface area contributed by atoms with Crippen molar-refractivity contribution in [3.8, 4) is 0 Å². The zero-order chi connectivity index (χ0) is 17.4. The van der Waals surface area contributed by atoms with Gasteiger partial charge in [-0.1, -0.05) is 0 Å². The summed E-state index contributed by atoms with van der Waals surface area (Å²) in [6.07, 6.45) is -4.47. The van der Waals surface area contributed by atoms with E-state index in [0.717, 1.165) is 13.8 Å². The van der Waals surface area contributed by atoms with E-state index < -0.39 is 48.3 Å². The van der Waals surface area contributed by atoms with Crippen molar-refractivity contribution in [2.45, 2.75) is 66.0 Å². The molecule has 0 amide bonds. The largest absolute Gasteiger partial charge is 0.460 e. The summed E-state index contributed by atoms with van der Waals surface area (Å²) in [6, 6.07) is 0. The highest BCUT2D eigenvalue weighted by molar-refractivity contribution is 5.89. The fraction of sp³-hybridized carbons (Fsp3) is 0.714. The quantitative estimate of drug-likeness (QED) is 0.500. The molecule has 0 N–H and O–H groups in total. The van der Waals surface area contributed by atoms with Crippen LogP contribution in [0.3, 0.4) is 0 Å². The van der Waals surface area contributed by atoms with Gasteiger partial charge in [0.2, 0.25) is 12.2 Å². The van der Waals surface area contributed by atoms with Crippen molar-refractivity contribution in [1.82, 2.24) is 0 Å². The van der Waals surface area contributed by atoms with Crippen LogP contribution in [0, 0.1) is 0 Å². The van der Waals surface area contributed by atoms with Crippen LogP contribution in [0.25, 0.3) is 0 Å². The minimum atomic E-state index is -1.73. The molecule has 0 aliphatic carbocycles. The lowest BCUT2D eigenvalue weighted by molar-refractivity contribution is -0.193. The van der Waals surface area contributed by atoms with Crippen LogP contribution in [0.15, 0.2) is 0 Å². The van der Waals surface area contributed by atoms with Gasteiger partial charge in [0.15, 0.2) is 0 Å². The van der Waals surface area contributed by atoms with E-state index in [4.69, 9.17) is 18.9 Å². The Morgan fingerprint density at radius 3 is 1.05 bits per heavy atom. The van der Waals surface area contributed by atoms with Gasteiger partial charge in [0.05, 0.1) is 12.2 Å². The first-order valence-corrected chi connectivity index (χ1v) is 6.80. The van der Waals surface area contributed by atoms with E-state index in [1.54, 1.807) is 27.7 Å². The number of esters is 4. The van der Waals surface area contributed by atoms with Crippen LogP contribution < -0.4 is 0 Å². The molecule has 0 saturated carbocycles. The molecule has 0 bridgehead atoms. The predicted molar refractivity (Wildman–Crippen MR) is 73.6 cm³/mol. The van der Waals surface area contributed by atoms with Gasteiger partial charge in [-0.05, 0) is 27.7 Å². The molecule has 0 saturated heterocycles. The molecule has 0 aliphatic rings. The Morgan fingerprint density at radius 2 is 0.864 bits per heavy atom. The number of hydrogen-bond donors (Lipinski definition) is 0. The molecular formula is C14H22O8. The van der Waals surface area contributed by atoms with E-state index in [2.05, 4.69) is 0 Å². The molecule has 8 nitrogen and oxygen atoms in total. The van der Waals surface area contributed by atoms with Crippen molar-refractivity contribution in [1.29, 1.82) is 0 Å². The summed E-state index contributed by atoms with van der Waals surface area (Å²) in [5.41, 5.74) is 0. The Balaban J connectivity index is 5.41. The van der Waals surface area contributed by atoms with E-state index in [1.165, 1.54) is 0 Å². The Morgan fingerprint density at radius 1 is 0.591 bits per heavy atom. The van der Waals surface area contributed by atoms with Gasteiger partial charge in [0.25, 0.3) is 0 Å². The number of rotatable bonds is 7. The average Bonchev–Trinajstić information content (AvgIpc) is 2.30. The minimum Gasteiger partial charge on any atom is -0.460 e. The van der Waals surface area contributed by atoms with E-state index in [1.807, 2.05) is 0 Å². The van der Waals surface area contributed by atoms with Gasteiger partial charge in [-0.25, -0.2) is 9.59 Å². The maximum atomic E-state index is 12.0. The fourth-order valence-corrected chi connectivity index (χ4v) is 1.42. The van der Waals surface area contributed by atoms with Crippen LogP contribution in [0.2, 0.25) is 0 Å². The van der Waals surface area contributed by atoms with Crippen LogP contribution >= 0.6 is 0 Å². The number of carbonyl (C=O) groups is 4. The topological polar surface area (TPSA) is 105 Å². The summed E-state index contributed by atoms with van der Waals surface area (Å²) in [6.45, 7) is 8.42. The third-order valence-corrected chi connectivity index (χ3v) is 2.03. The second kappa shape index (κ2) is 9.01. The Labute approximate surface area is 129 Å². The van der Waals surface area contributed by atoms with Crippen LogP contribution in [0.5, 0.6) is 0 Å². The molecule has 0 unspecified atom stereocenters. The van der Waals surface area contributed by atoms with Crippen molar-refractivity contribution in [2.75, 3.05) is 0 Å². The molecule has 0 rings (SSSR count). The summed E-state index contributed by atoms with van der Waals surface area (Å²) in [5.74, 6) is -3.67. The molecule has 22 heavy (non-hydrogen) atoms. The Hall–Kier alpha value is -2.12. The SMILES string of the molecule is CC(=O)O[C@H](C(=O)OC(C)C)[C@@H](OC(C)=O)C(=O)OC(C)C. The summed E-state index contributed by atoms with van der Waals surface area (Å²) in [7, 11) is 0. The Kier molecular flexibility index (Phi) is 8.14. The first-order valence-electron chi connectivity index (χ1n) is 6.80. The van der Waals surface area contributed by atoms with Gasteiger partial charge in [0.1, 0.15) is 0 Å². The molecule has 0 aromatic rings. The lowest BCUT2D eigenvalue weighted by atomic mass is 10.2. The highest BCUT2D eigenvalue weighted by Crippen LogP contribution is 2.12. The van der Waals surface area contributed by atoms with E-state index in [-0.39, 0.29) is 0 Å². The molecule has 2 atom stereocenters. The Bertz CT molecular complexity index is 387. The van der Waals surface area contributed by atoms with Crippen molar-refractivity contribution >= 4 is 23.9 Å². The normalized spacial score (nSPS) is 13.3. The maximum Gasteiger partial charge on any atom is 0.352 e. The molecule has 0 aromatic carbocycles. The molecule has 0 aromatic heterocycles. The van der Waals surface area contributed by atoms with Gasteiger partial charge in [-0.15, -0.1) is 0 Å². The van der Waals surface area contributed by atoms with E-state index in [0.29, 0.717) is 0 Å². The van der Waals surface area contributed by atoms with Gasteiger partial charge in [-0.2, -0.15) is 0 Å². The van der Waals surface area contributed by atoms with Crippen molar-refractivity contribution in [3.05, 3.63) is 0 Å². The van der Waals surface area contributed by atoms with Gasteiger partial charge >= 0.3 is 23.9 Å². The molecule has 8 heteroatoms. The van der Waals surface area contributed by atoms with Crippen LogP contribution in [0.4, 0.5) is 0 Å². The van der Waals surface area contributed by atoms with Gasteiger partial charge < -0.3 is 18.9 Å². The third kappa shape index (κ3) is 7.61. The van der Waals surface area contributed by atoms with Crippen LogP contribution in [0.1, 0.15) is 41.5 Å². The first-order chi connectivity index (χ1) is 10.0. The van der Waals surface area contributed by atoms with Crippen molar-refractivity contribution in [2.24, 2.45) is 0 Å². The zero-order valence-corrected chi connectivity index (χ0v) is 13.6. The predicted octanol–water partition coefficient (Wildman–Crippen LogP) is 0.753. The van der Waals surface area contributed by atoms with Crippen molar-refractivity contribution in [3.63, 3.8) is 0 Å². The van der Waals surface area contributed by atoms with Gasteiger partial charge in [-0.3, -0.25) is 9.59 Å². The average molecular weight is 318 g/mol. The second-order valence-corrected chi connectivity index (χ2v) is 5.03. The smallest absolute Gasteiger partial charge is 0.352 e. The third-order valence-electron chi connectivity index (χ3n) is 2.03. The molecule has 0 aliphatic heterocycles. The maximum absolute atomic E-state index is 12.0. The zero-order valence-electron chi connectivity index (χ0n) is 13.6. The van der Waals surface area contributed by atoms with Crippen LogP contribution in [-0.2, 0) is 38.1 Å². The lowest BCUT2D eigenvalue weighted by Gasteiger charge is -2.24. The highest BCUT2D eigenvalue weighted by atomic mass is 16.6. The van der Waals surface area contributed by atoms with Crippen molar-refractivity contribution < 1.29 is 38.1 Å². The van der Waals surface area contributed by atoms with E-state index >= 15 is 0 Å². The molecule has 0 spiro atoms. The first kappa shape index (κ1) is 19.9. The standard InChI is InChI=1S/C14H22O8/c1-7(2)19-13(17)11(21-9(5)15)12(22-10(6)16)14(18)20-8(3)4/h7-8,11-12H,1-6H3/t11-,12+. The molecule has 0 radical (unpaired) electrons. The minimum absolute atomic E-state index is 0.510. The number of ether oxygens (including phenoxy) is 4. The number of hydrogen-bond acceptors (Lipinski definition) is 8. The highest BCUT2D eigenvalue weighted by Gasteiger charge is 2.42. The summed E-state index contributed by atoms with van der Waals surface area (Å²) in [4.78, 5) is 46.3.